The molecule has 0 radical (unpaired) electrons. The van der Waals surface area contributed by atoms with E-state index in [0.29, 0.717) is 12.6 Å². The van der Waals surface area contributed by atoms with Crippen LogP contribution in [-0.4, -0.2) is 18.5 Å². The van der Waals surface area contributed by atoms with E-state index >= 15 is 0 Å². The molecule has 1 unspecified atom stereocenters. The fourth-order valence-corrected chi connectivity index (χ4v) is 0.810. The highest BCUT2D eigenvalue weighted by molar-refractivity contribution is 5.75. The average molecular weight is 144 g/mol. The number of rotatable bonds is 5. The van der Waals surface area contributed by atoms with Gasteiger partial charge >= 0.3 is 0 Å². The summed E-state index contributed by atoms with van der Waals surface area (Å²) in [6, 6.07) is 0.400. The van der Waals surface area contributed by atoms with E-state index in [1.807, 2.05) is 6.92 Å². The maximum atomic E-state index is 10.3. The van der Waals surface area contributed by atoms with Crippen LogP contribution in [0.2, 0.25) is 0 Å². The highest BCUT2D eigenvalue weighted by Gasteiger charge is 1.99. The number of primary amides is 1. The predicted octanol–water partition coefficient (Wildman–Crippen LogP) is 0.250. The second-order valence-corrected chi connectivity index (χ2v) is 2.54. The van der Waals surface area contributed by atoms with Gasteiger partial charge in [-0.1, -0.05) is 13.3 Å². The Hall–Kier alpha value is -0.570. The average Bonchev–Trinajstić information content (AvgIpc) is 1.85. The number of hydrogen-bond acceptors (Lipinski definition) is 2. The third-order valence-corrected chi connectivity index (χ3v) is 1.35. The lowest BCUT2D eigenvalue weighted by atomic mass is 10.2. The fraction of sp³-hybridized carbons (Fsp3) is 0.857. The zero-order chi connectivity index (χ0) is 7.98. The van der Waals surface area contributed by atoms with E-state index in [4.69, 9.17) is 5.73 Å². The third kappa shape index (κ3) is 5.56. The summed E-state index contributed by atoms with van der Waals surface area (Å²) in [7, 11) is 0. The minimum Gasteiger partial charge on any atom is -0.369 e. The van der Waals surface area contributed by atoms with E-state index in [0.717, 1.165) is 12.8 Å². The maximum Gasteiger partial charge on any atom is 0.231 e. The van der Waals surface area contributed by atoms with Crippen molar-refractivity contribution in [1.29, 1.82) is 0 Å². The first kappa shape index (κ1) is 9.43. The van der Waals surface area contributed by atoms with Crippen LogP contribution in [0.1, 0.15) is 26.7 Å². The van der Waals surface area contributed by atoms with Crippen LogP contribution in [0.15, 0.2) is 0 Å². The van der Waals surface area contributed by atoms with Crippen molar-refractivity contribution in [3.63, 3.8) is 0 Å². The minimum atomic E-state index is -0.289. The second-order valence-electron chi connectivity index (χ2n) is 2.54. The van der Waals surface area contributed by atoms with Gasteiger partial charge in [-0.25, -0.2) is 0 Å². The van der Waals surface area contributed by atoms with Crippen molar-refractivity contribution in [2.24, 2.45) is 5.73 Å². The largest absolute Gasteiger partial charge is 0.369 e. The molecule has 1 atom stereocenters. The van der Waals surface area contributed by atoms with Crippen LogP contribution < -0.4 is 11.1 Å². The SMILES string of the molecule is CCCC(C)NCC(N)=O. The maximum absolute atomic E-state index is 10.3. The van der Waals surface area contributed by atoms with Gasteiger partial charge in [0, 0.05) is 6.04 Å². The topological polar surface area (TPSA) is 55.1 Å². The van der Waals surface area contributed by atoms with Gasteiger partial charge in [-0.2, -0.15) is 0 Å². The van der Waals surface area contributed by atoms with Crippen molar-refractivity contribution < 1.29 is 4.79 Å². The number of carbonyl (C=O) groups excluding carboxylic acids is 1. The fourth-order valence-electron chi connectivity index (χ4n) is 0.810. The summed E-state index contributed by atoms with van der Waals surface area (Å²) in [5, 5.41) is 3.01. The van der Waals surface area contributed by atoms with Crippen molar-refractivity contribution >= 4 is 5.91 Å². The lowest BCUT2D eigenvalue weighted by Gasteiger charge is -2.09. The molecule has 0 bridgehead atoms. The molecule has 0 aliphatic rings. The highest BCUT2D eigenvalue weighted by Crippen LogP contribution is 1.92. The Morgan fingerprint density at radius 1 is 1.70 bits per heavy atom. The van der Waals surface area contributed by atoms with Gasteiger partial charge in [-0.15, -0.1) is 0 Å². The number of nitrogens with two attached hydrogens (primary N) is 1. The molecule has 3 heteroatoms. The first-order valence-corrected chi connectivity index (χ1v) is 3.68. The molecule has 0 heterocycles. The van der Waals surface area contributed by atoms with Crippen LogP contribution in [-0.2, 0) is 4.79 Å². The van der Waals surface area contributed by atoms with E-state index in [-0.39, 0.29) is 5.91 Å². The van der Waals surface area contributed by atoms with Gasteiger partial charge in [0.25, 0.3) is 0 Å². The molecule has 0 aromatic heterocycles. The van der Waals surface area contributed by atoms with Crippen molar-refractivity contribution in [2.75, 3.05) is 6.54 Å². The Kier molecular flexibility index (Phi) is 4.94. The lowest BCUT2D eigenvalue weighted by Crippen LogP contribution is -2.34. The van der Waals surface area contributed by atoms with Crippen molar-refractivity contribution in [3.05, 3.63) is 0 Å². The van der Waals surface area contributed by atoms with Gasteiger partial charge < -0.3 is 11.1 Å². The minimum absolute atomic E-state index is 0.289. The first-order valence-electron chi connectivity index (χ1n) is 3.68. The van der Waals surface area contributed by atoms with E-state index < -0.39 is 0 Å². The number of amides is 1. The van der Waals surface area contributed by atoms with Crippen LogP contribution in [0.3, 0.4) is 0 Å². The Morgan fingerprint density at radius 3 is 2.70 bits per heavy atom. The predicted molar refractivity (Wildman–Crippen MR) is 41.6 cm³/mol. The smallest absolute Gasteiger partial charge is 0.231 e. The summed E-state index contributed by atoms with van der Waals surface area (Å²) >= 11 is 0. The molecule has 0 saturated carbocycles. The lowest BCUT2D eigenvalue weighted by molar-refractivity contribution is -0.117. The molecule has 1 amide bonds. The molecule has 60 valence electrons. The van der Waals surface area contributed by atoms with Gasteiger partial charge in [0.2, 0.25) is 5.91 Å². The highest BCUT2D eigenvalue weighted by atomic mass is 16.1. The summed E-state index contributed by atoms with van der Waals surface area (Å²) in [5.41, 5.74) is 4.94. The van der Waals surface area contributed by atoms with Crippen LogP contribution in [0.4, 0.5) is 0 Å². The van der Waals surface area contributed by atoms with E-state index in [2.05, 4.69) is 12.2 Å². The molecule has 0 rings (SSSR count). The Balaban J connectivity index is 3.21. The molecule has 0 aliphatic heterocycles. The van der Waals surface area contributed by atoms with Crippen molar-refractivity contribution in [3.8, 4) is 0 Å². The zero-order valence-electron chi connectivity index (χ0n) is 6.68. The summed E-state index contributed by atoms with van der Waals surface area (Å²) in [6.07, 6.45) is 2.22. The zero-order valence-corrected chi connectivity index (χ0v) is 6.68. The van der Waals surface area contributed by atoms with Crippen LogP contribution in [0.25, 0.3) is 0 Å². The molecule has 0 fully saturated rings. The van der Waals surface area contributed by atoms with Crippen molar-refractivity contribution in [1.82, 2.24) is 5.32 Å². The molecule has 3 N–H and O–H groups in total. The Bertz CT molecular complexity index is 104. The third-order valence-electron chi connectivity index (χ3n) is 1.35. The molecule has 0 aliphatic carbocycles. The van der Waals surface area contributed by atoms with Crippen LogP contribution in [0.5, 0.6) is 0 Å². The monoisotopic (exact) mass is 144 g/mol. The van der Waals surface area contributed by atoms with Gasteiger partial charge in [0.1, 0.15) is 0 Å². The van der Waals surface area contributed by atoms with Crippen molar-refractivity contribution in [2.45, 2.75) is 32.7 Å². The summed E-state index contributed by atoms with van der Waals surface area (Å²) < 4.78 is 0. The summed E-state index contributed by atoms with van der Waals surface area (Å²) in [5.74, 6) is -0.289. The van der Waals surface area contributed by atoms with E-state index in [9.17, 15) is 4.79 Å². The van der Waals surface area contributed by atoms with Gasteiger partial charge in [0.15, 0.2) is 0 Å². The first-order chi connectivity index (χ1) is 4.66. The Morgan fingerprint density at radius 2 is 2.30 bits per heavy atom. The summed E-state index contributed by atoms with van der Waals surface area (Å²) in [6.45, 7) is 4.45. The molecular weight excluding hydrogens is 128 g/mol. The van der Waals surface area contributed by atoms with E-state index in [1.165, 1.54) is 0 Å². The quantitative estimate of drug-likeness (QED) is 0.581. The van der Waals surface area contributed by atoms with Gasteiger partial charge in [0.05, 0.1) is 6.54 Å². The molecule has 0 spiro atoms. The molecule has 0 aromatic carbocycles. The molecule has 3 nitrogen and oxygen atoms in total. The Labute approximate surface area is 62.0 Å². The van der Waals surface area contributed by atoms with Gasteiger partial charge in [-0.3, -0.25) is 4.79 Å². The van der Waals surface area contributed by atoms with E-state index in [1.54, 1.807) is 0 Å². The molecule has 0 saturated heterocycles. The van der Waals surface area contributed by atoms with Gasteiger partial charge in [-0.05, 0) is 13.3 Å². The molecule has 10 heavy (non-hydrogen) atoms. The molecular formula is C7H16N2O. The van der Waals surface area contributed by atoms with Crippen LogP contribution in [0, 0.1) is 0 Å². The standard InChI is InChI=1S/C7H16N2O/c1-3-4-6(2)9-5-7(8)10/h6,9H,3-5H2,1-2H3,(H2,8,10). The second kappa shape index (κ2) is 5.23. The number of carbonyl (C=O) groups is 1. The summed E-state index contributed by atoms with van der Waals surface area (Å²) in [4.78, 5) is 10.3. The number of nitrogens with one attached hydrogen (secondary N) is 1. The number of hydrogen-bond donors (Lipinski definition) is 2. The van der Waals surface area contributed by atoms with Crippen LogP contribution >= 0.6 is 0 Å². The molecule has 0 aromatic rings. The normalized spacial score (nSPS) is 13.0.